The highest BCUT2D eigenvalue weighted by Crippen LogP contribution is 2.21. The molecule has 1 atom stereocenters. The van der Waals surface area contributed by atoms with Gasteiger partial charge in [-0.3, -0.25) is 14.4 Å². The Hall–Kier alpha value is -2.37. The van der Waals surface area contributed by atoms with Crippen LogP contribution in [0.2, 0.25) is 0 Å². The molecule has 0 unspecified atom stereocenters. The van der Waals surface area contributed by atoms with Crippen LogP contribution in [0.1, 0.15) is 44.6 Å². The molecule has 27 heavy (non-hydrogen) atoms. The number of hydrogen-bond donors (Lipinski definition) is 0. The van der Waals surface area contributed by atoms with Crippen molar-refractivity contribution >= 4 is 23.4 Å². The van der Waals surface area contributed by atoms with E-state index in [9.17, 15) is 14.4 Å². The molecule has 1 aromatic carbocycles. The van der Waals surface area contributed by atoms with Crippen LogP contribution in [0, 0.1) is 6.92 Å². The van der Waals surface area contributed by atoms with E-state index >= 15 is 0 Å². The molecule has 2 saturated heterocycles. The van der Waals surface area contributed by atoms with Gasteiger partial charge < -0.3 is 14.7 Å². The highest BCUT2D eigenvalue weighted by Gasteiger charge is 2.33. The Kier molecular flexibility index (Phi) is 6.14. The van der Waals surface area contributed by atoms with E-state index in [1.54, 1.807) is 9.80 Å². The highest BCUT2D eigenvalue weighted by atomic mass is 16.2. The number of anilines is 1. The largest absolute Gasteiger partial charge is 0.343 e. The molecular weight excluding hydrogens is 342 g/mol. The first-order valence-corrected chi connectivity index (χ1v) is 9.90. The van der Waals surface area contributed by atoms with Crippen LogP contribution in [0.5, 0.6) is 0 Å². The van der Waals surface area contributed by atoms with Crippen molar-refractivity contribution in [2.24, 2.45) is 0 Å². The normalized spacial score (nSPS) is 21.0. The summed E-state index contributed by atoms with van der Waals surface area (Å²) in [7, 11) is 0. The Morgan fingerprint density at radius 1 is 1.11 bits per heavy atom. The predicted octanol–water partition coefficient (Wildman–Crippen LogP) is 2.35. The SMILES string of the molecule is Cc1ccc(N2C[C@H](C)N(C(=O)CCCN3CCCCC3=O)CC2=O)cc1. The number of carbonyl (C=O) groups excluding carboxylic acids is 3. The molecule has 0 aliphatic carbocycles. The predicted molar refractivity (Wildman–Crippen MR) is 104 cm³/mol. The minimum atomic E-state index is -0.0449. The number of amides is 3. The molecule has 1 aromatic rings. The molecule has 0 spiro atoms. The Labute approximate surface area is 161 Å². The van der Waals surface area contributed by atoms with Crippen molar-refractivity contribution in [2.75, 3.05) is 31.1 Å². The summed E-state index contributed by atoms with van der Waals surface area (Å²) in [4.78, 5) is 42.4. The van der Waals surface area contributed by atoms with Crippen molar-refractivity contribution < 1.29 is 14.4 Å². The zero-order valence-electron chi connectivity index (χ0n) is 16.3. The fraction of sp³-hybridized carbons (Fsp3) is 0.571. The maximum Gasteiger partial charge on any atom is 0.246 e. The fourth-order valence-corrected chi connectivity index (χ4v) is 3.82. The smallest absolute Gasteiger partial charge is 0.246 e. The first-order valence-electron chi connectivity index (χ1n) is 9.90. The molecule has 2 aliphatic rings. The summed E-state index contributed by atoms with van der Waals surface area (Å²) in [5.41, 5.74) is 2.04. The summed E-state index contributed by atoms with van der Waals surface area (Å²) < 4.78 is 0. The van der Waals surface area contributed by atoms with E-state index in [0.717, 1.165) is 30.6 Å². The van der Waals surface area contributed by atoms with Crippen LogP contribution >= 0.6 is 0 Å². The van der Waals surface area contributed by atoms with Gasteiger partial charge in [0.05, 0.1) is 0 Å². The van der Waals surface area contributed by atoms with Crippen molar-refractivity contribution in [3.05, 3.63) is 29.8 Å². The second kappa shape index (κ2) is 8.55. The molecule has 146 valence electrons. The number of benzene rings is 1. The quantitative estimate of drug-likeness (QED) is 0.798. The summed E-state index contributed by atoms with van der Waals surface area (Å²) in [6.45, 7) is 6.07. The van der Waals surface area contributed by atoms with Gasteiger partial charge in [0, 0.05) is 44.2 Å². The van der Waals surface area contributed by atoms with E-state index in [4.69, 9.17) is 0 Å². The summed E-state index contributed by atoms with van der Waals surface area (Å²) in [6.07, 6.45) is 3.68. The summed E-state index contributed by atoms with van der Waals surface area (Å²) in [6, 6.07) is 7.87. The lowest BCUT2D eigenvalue weighted by Crippen LogP contribution is -2.57. The van der Waals surface area contributed by atoms with Crippen LogP contribution in [0.4, 0.5) is 5.69 Å². The van der Waals surface area contributed by atoms with Crippen LogP contribution in [0.3, 0.4) is 0 Å². The molecule has 3 rings (SSSR count). The maximum atomic E-state index is 12.6. The van der Waals surface area contributed by atoms with Gasteiger partial charge in [-0.05, 0) is 45.2 Å². The lowest BCUT2D eigenvalue weighted by atomic mass is 10.1. The van der Waals surface area contributed by atoms with Gasteiger partial charge in [0.15, 0.2) is 0 Å². The number of carbonyl (C=O) groups is 3. The van der Waals surface area contributed by atoms with Gasteiger partial charge >= 0.3 is 0 Å². The van der Waals surface area contributed by atoms with E-state index in [2.05, 4.69) is 0 Å². The number of hydrogen-bond acceptors (Lipinski definition) is 3. The summed E-state index contributed by atoms with van der Waals surface area (Å²) >= 11 is 0. The molecule has 0 radical (unpaired) electrons. The minimum absolute atomic E-state index is 0.00358. The molecule has 6 heteroatoms. The zero-order valence-corrected chi connectivity index (χ0v) is 16.3. The standard InChI is InChI=1S/C21H29N3O3/c1-16-8-10-18(11-9-16)24-14-17(2)23(15-21(24)27)20(26)7-5-13-22-12-4-3-6-19(22)25/h8-11,17H,3-7,12-15H2,1-2H3/t17-/m0/s1. The van der Waals surface area contributed by atoms with Gasteiger partial charge in [-0.25, -0.2) is 0 Å². The first kappa shape index (κ1) is 19.4. The van der Waals surface area contributed by atoms with Crippen LogP contribution < -0.4 is 4.90 Å². The molecule has 0 aromatic heterocycles. The van der Waals surface area contributed by atoms with Gasteiger partial charge in [-0.15, -0.1) is 0 Å². The van der Waals surface area contributed by atoms with Gasteiger partial charge in [0.25, 0.3) is 0 Å². The number of aryl methyl sites for hydroxylation is 1. The van der Waals surface area contributed by atoms with Crippen molar-refractivity contribution in [1.82, 2.24) is 9.80 Å². The van der Waals surface area contributed by atoms with Crippen LogP contribution in [0.15, 0.2) is 24.3 Å². The van der Waals surface area contributed by atoms with Gasteiger partial charge in [0.1, 0.15) is 6.54 Å². The summed E-state index contributed by atoms with van der Waals surface area (Å²) in [5, 5.41) is 0. The summed E-state index contributed by atoms with van der Waals surface area (Å²) in [5.74, 6) is 0.157. The Balaban J connectivity index is 1.52. The molecule has 2 fully saturated rings. The lowest BCUT2D eigenvalue weighted by Gasteiger charge is -2.39. The minimum Gasteiger partial charge on any atom is -0.343 e. The third kappa shape index (κ3) is 4.67. The van der Waals surface area contributed by atoms with Crippen molar-refractivity contribution in [3.63, 3.8) is 0 Å². The van der Waals surface area contributed by atoms with E-state index < -0.39 is 0 Å². The third-order valence-corrected chi connectivity index (χ3v) is 5.49. The van der Waals surface area contributed by atoms with E-state index in [-0.39, 0.29) is 30.3 Å². The molecule has 2 aliphatic heterocycles. The molecular formula is C21H29N3O3. The Morgan fingerprint density at radius 2 is 1.85 bits per heavy atom. The zero-order chi connectivity index (χ0) is 19.4. The number of nitrogens with zero attached hydrogens (tertiary/aromatic N) is 3. The van der Waals surface area contributed by atoms with Gasteiger partial charge in [-0.1, -0.05) is 17.7 Å². The first-order chi connectivity index (χ1) is 13.0. The van der Waals surface area contributed by atoms with E-state index in [1.807, 2.05) is 43.0 Å². The lowest BCUT2D eigenvalue weighted by molar-refractivity contribution is -0.140. The molecule has 0 N–H and O–H groups in total. The van der Waals surface area contributed by atoms with Crippen LogP contribution in [0.25, 0.3) is 0 Å². The molecule has 0 bridgehead atoms. The second-order valence-corrected chi connectivity index (χ2v) is 7.65. The highest BCUT2D eigenvalue weighted by molar-refractivity contribution is 5.98. The molecule has 2 heterocycles. The number of piperazine rings is 1. The van der Waals surface area contributed by atoms with E-state index in [1.165, 1.54) is 0 Å². The maximum absolute atomic E-state index is 12.6. The van der Waals surface area contributed by atoms with Crippen LogP contribution in [-0.2, 0) is 14.4 Å². The van der Waals surface area contributed by atoms with Gasteiger partial charge in [0.2, 0.25) is 17.7 Å². The molecule has 6 nitrogen and oxygen atoms in total. The van der Waals surface area contributed by atoms with Crippen molar-refractivity contribution in [3.8, 4) is 0 Å². The number of piperidine rings is 1. The van der Waals surface area contributed by atoms with Crippen LogP contribution in [-0.4, -0.2) is 59.7 Å². The molecule has 3 amide bonds. The van der Waals surface area contributed by atoms with Gasteiger partial charge in [-0.2, -0.15) is 0 Å². The third-order valence-electron chi connectivity index (χ3n) is 5.49. The van der Waals surface area contributed by atoms with Crippen molar-refractivity contribution in [2.45, 2.75) is 52.0 Å². The topological polar surface area (TPSA) is 60.9 Å². The molecule has 0 saturated carbocycles. The average Bonchev–Trinajstić information content (AvgIpc) is 2.65. The Morgan fingerprint density at radius 3 is 2.56 bits per heavy atom. The average molecular weight is 371 g/mol. The fourth-order valence-electron chi connectivity index (χ4n) is 3.82. The monoisotopic (exact) mass is 371 g/mol. The second-order valence-electron chi connectivity index (χ2n) is 7.65. The van der Waals surface area contributed by atoms with Crippen molar-refractivity contribution in [1.29, 1.82) is 0 Å². The van der Waals surface area contributed by atoms with E-state index in [0.29, 0.717) is 32.4 Å². The Bertz CT molecular complexity index is 701. The number of likely N-dealkylation sites (tertiary alicyclic amines) is 1. The number of rotatable bonds is 5.